The fourth-order valence-corrected chi connectivity index (χ4v) is 3.98. The zero-order chi connectivity index (χ0) is 22.4. The van der Waals surface area contributed by atoms with Crippen molar-refractivity contribution >= 4 is 34.3 Å². The van der Waals surface area contributed by atoms with Gasteiger partial charge in [0.25, 0.3) is 0 Å². The Labute approximate surface area is 187 Å². The number of thiazole rings is 1. The molecule has 0 saturated heterocycles. The first-order valence-electron chi connectivity index (χ1n) is 10.1. The molecule has 31 heavy (non-hydrogen) atoms. The van der Waals surface area contributed by atoms with E-state index in [4.69, 9.17) is 10.1 Å². The number of anilines is 1. The number of hydrogen-bond acceptors (Lipinski definition) is 9. The van der Waals surface area contributed by atoms with Gasteiger partial charge in [-0.1, -0.05) is 6.07 Å². The Kier molecular flexibility index (Phi) is 7.54. The van der Waals surface area contributed by atoms with Gasteiger partial charge in [-0.05, 0) is 39.6 Å². The third-order valence-electron chi connectivity index (χ3n) is 4.76. The molecule has 0 bridgehead atoms. The molecule has 1 aromatic heterocycles. The summed E-state index contributed by atoms with van der Waals surface area (Å²) in [6.45, 7) is 4.65. The van der Waals surface area contributed by atoms with E-state index >= 15 is 0 Å². The van der Waals surface area contributed by atoms with E-state index in [9.17, 15) is 0 Å². The van der Waals surface area contributed by atoms with Gasteiger partial charge in [0.2, 0.25) is 0 Å². The van der Waals surface area contributed by atoms with Gasteiger partial charge in [-0.25, -0.2) is 4.98 Å². The van der Waals surface area contributed by atoms with Crippen molar-refractivity contribution in [1.29, 1.82) is 5.41 Å². The summed E-state index contributed by atoms with van der Waals surface area (Å²) >= 11 is 1.60. The number of rotatable bonds is 8. The maximum Gasteiger partial charge on any atom is 0.176 e. The summed E-state index contributed by atoms with van der Waals surface area (Å²) in [4.78, 5) is 6.22. The van der Waals surface area contributed by atoms with Crippen LogP contribution in [0.15, 0.2) is 57.3 Å². The van der Waals surface area contributed by atoms with Crippen molar-refractivity contribution in [3.05, 3.63) is 52.1 Å². The van der Waals surface area contributed by atoms with Gasteiger partial charge in [-0.2, -0.15) is 5.10 Å². The van der Waals surface area contributed by atoms with Crippen molar-refractivity contribution in [3.63, 3.8) is 0 Å². The Balaban J connectivity index is 1.80. The van der Waals surface area contributed by atoms with Gasteiger partial charge in [0.15, 0.2) is 11.9 Å². The lowest BCUT2D eigenvalue weighted by Crippen LogP contribution is -2.35. The van der Waals surface area contributed by atoms with E-state index in [1.807, 2.05) is 64.6 Å². The highest BCUT2D eigenvalue weighted by Gasteiger charge is 2.23. The summed E-state index contributed by atoms with van der Waals surface area (Å²) in [5.41, 5.74) is 3.53. The number of benzene rings is 1. The van der Waals surface area contributed by atoms with Gasteiger partial charge >= 0.3 is 0 Å². The Bertz CT molecular complexity index is 1010. The van der Waals surface area contributed by atoms with E-state index in [0.29, 0.717) is 17.3 Å². The summed E-state index contributed by atoms with van der Waals surface area (Å²) in [5, 5.41) is 26.4. The van der Waals surface area contributed by atoms with Crippen molar-refractivity contribution in [2.45, 2.75) is 26.4 Å². The first-order chi connectivity index (χ1) is 14.9. The highest BCUT2D eigenvalue weighted by Crippen LogP contribution is 2.28. The predicted molar refractivity (Wildman–Crippen MR) is 129 cm³/mol. The third-order valence-corrected chi connectivity index (χ3v) is 5.62. The molecule has 2 aromatic rings. The van der Waals surface area contributed by atoms with Crippen molar-refractivity contribution in [2.24, 2.45) is 10.2 Å². The van der Waals surface area contributed by atoms with Crippen LogP contribution in [0.2, 0.25) is 0 Å². The lowest BCUT2D eigenvalue weighted by Gasteiger charge is -2.23. The minimum absolute atomic E-state index is 0.109. The van der Waals surface area contributed by atoms with E-state index < -0.39 is 0 Å². The van der Waals surface area contributed by atoms with Crippen LogP contribution in [0.3, 0.4) is 0 Å². The zero-order valence-electron chi connectivity index (χ0n) is 18.6. The van der Waals surface area contributed by atoms with E-state index in [1.54, 1.807) is 22.4 Å². The van der Waals surface area contributed by atoms with Gasteiger partial charge in [0.1, 0.15) is 16.5 Å². The van der Waals surface area contributed by atoms with Crippen LogP contribution in [0.25, 0.3) is 0 Å². The molecular weight excluding hydrogens is 410 g/mol. The SMILES string of the molecule is CNCCC(Oc1cccc(N/C(C)=C2\C(=N)C(N(C)C)=NN=C2C)c1)c1nccs1. The number of nitrogens with zero attached hydrogens (tertiary/aromatic N) is 4. The molecule has 9 heteroatoms. The van der Waals surface area contributed by atoms with Crippen molar-refractivity contribution in [1.82, 2.24) is 15.2 Å². The van der Waals surface area contributed by atoms with Crippen LogP contribution in [0, 0.1) is 5.41 Å². The van der Waals surface area contributed by atoms with Crippen LogP contribution in [0.5, 0.6) is 5.75 Å². The average Bonchev–Trinajstić information content (AvgIpc) is 3.26. The Morgan fingerprint density at radius 2 is 2.10 bits per heavy atom. The van der Waals surface area contributed by atoms with Crippen LogP contribution >= 0.6 is 11.3 Å². The molecule has 0 amide bonds. The maximum absolute atomic E-state index is 8.55. The second-order valence-corrected chi connectivity index (χ2v) is 8.33. The van der Waals surface area contributed by atoms with Gasteiger partial charge in [-0.3, -0.25) is 5.41 Å². The second-order valence-electron chi connectivity index (χ2n) is 7.40. The summed E-state index contributed by atoms with van der Waals surface area (Å²) in [6, 6.07) is 7.83. The Morgan fingerprint density at radius 3 is 2.77 bits per heavy atom. The molecule has 1 aromatic carbocycles. The maximum atomic E-state index is 8.55. The number of aromatic nitrogens is 1. The largest absolute Gasteiger partial charge is 0.483 e. The molecule has 1 aliphatic rings. The van der Waals surface area contributed by atoms with E-state index in [0.717, 1.165) is 40.7 Å². The third kappa shape index (κ3) is 5.56. The van der Waals surface area contributed by atoms with Gasteiger partial charge in [-0.15, -0.1) is 16.4 Å². The Morgan fingerprint density at radius 1 is 1.29 bits per heavy atom. The molecule has 164 valence electrons. The zero-order valence-corrected chi connectivity index (χ0v) is 19.4. The quantitative estimate of drug-likeness (QED) is 0.579. The number of hydrogen-bond donors (Lipinski definition) is 3. The van der Waals surface area contributed by atoms with Gasteiger partial charge in [0.05, 0.1) is 5.71 Å². The molecule has 2 heterocycles. The predicted octanol–water partition coefficient (Wildman–Crippen LogP) is 3.93. The Hall–Kier alpha value is -3.04. The molecule has 3 N–H and O–H groups in total. The van der Waals surface area contributed by atoms with Crippen molar-refractivity contribution < 1.29 is 4.74 Å². The highest BCUT2D eigenvalue weighted by molar-refractivity contribution is 7.09. The van der Waals surface area contributed by atoms with Crippen molar-refractivity contribution in [3.8, 4) is 5.75 Å². The second kappa shape index (κ2) is 10.3. The van der Waals surface area contributed by atoms with E-state index in [2.05, 4.69) is 25.8 Å². The monoisotopic (exact) mass is 439 g/mol. The lowest BCUT2D eigenvalue weighted by molar-refractivity contribution is 0.194. The van der Waals surface area contributed by atoms with E-state index in [1.165, 1.54) is 0 Å². The minimum Gasteiger partial charge on any atom is -0.483 e. The summed E-state index contributed by atoms with van der Waals surface area (Å²) in [7, 11) is 5.65. The molecule has 0 radical (unpaired) electrons. The summed E-state index contributed by atoms with van der Waals surface area (Å²) < 4.78 is 6.28. The number of nitrogens with one attached hydrogen (secondary N) is 3. The standard InChI is InChI=1S/C22H29N7OS/c1-14(19-15(2)27-28-21(20(19)23)29(4)5)26-16-7-6-8-17(13-16)30-18(9-10-24-3)22-25-11-12-31-22/h6-8,11-13,18,23-24,26H,9-10H2,1-5H3/b19-14-,23-20?. The first-order valence-corrected chi connectivity index (χ1v) is 11.0. The molecule has 1 aliphatic heterocycles. The van der Waals surface area contributed by atoms with Crippen LogP contribution in [0.4, 0.5) is 5.69 Å². The topological polar surface area (TPSA) is 98.0 Å². The van der Waals surface area contributed by atoms with Gasteiger partial charge in [0, 0.05) is 55.1 Å². The molecule has 8 nitrogen and oxygen atoms in total. The van der Waals surface area contributed by atoms with Crippen molar-refractivity contribution in [2.75, 3.05) is 33.0 Å². The molecule has 0 fully saturated rings. The number of allylic oxidation sites excluding steroid dienone is 1. The minimum atomic E-state index is -0.109. The normalized spacial score (nSPS) is 16.4. The smallest absolute Gasteiger partial charge is 0.176 e. The fourth-order valence-electron chi connectivity index (χ4n) is 3.28. The molecular formula is C22H29N7OS. The average molecular weight is 440 g/mol. The molecule has 3 rings (SSSR count). The fraction of sp³-hybridized carbons (Fsp3) is 0.364. The van der Waals surface area contributed by atoms with Crippen LogP contribution in [-0.2, 0) is 0 Å². The van der Waals surface area contributed by atoms with E-state index in [-0.39, 0.29) is 6.10 Å². The van der Waals surface area contributed by atoms with Gasteiger partial charge < -0.3 is 20.3 Å². The van der Waals surface area contributed by atoms with Crippen LogP contribution in [-0.4, -0.2) is 54.8 Å². The summed E-state index contributed by atoms with van der Waals surface area (Å²) in [6.07, 6.45) is 2.52. The molecule has 0 spiro atoms. The molecule has 0 saturated carbocycles. The van der Waals surface area contributed by atoms with Crippen LogP contribution < -0.4 is 15.4 Å². The molecule has 1 unspecified atom stereocenters. The summed E-state index contributed by atoms with van der Waals surface area (Å²) in [5.74, 6) is 1.30. The number of ether oxygens (including phenoxy) is 1. The first kappa shape index (κ1) is 22.6. The number of amidine groups is 1. The van der Waals surface area contributed by atoms with Crippen LogP contribution in [0.1, 0.15) is 31.4 Å². The molecule has 0 aliphatic carbocycles. The molecule has 1 atom stereocenters. The lowest BCUT2D eigenvalue weighted by atomic mass is 10.0. The highest BCUT2D eigenvalue weighted by atomic mass is 32.1.